The first-order valence-corrected chi connectivity index (χ1v) is 7.98. The maximum Gasteiger partial charge on any atom is 0.220 e. The summed E-state index contributed by atoms with van der Waals surface area (Å²) in [4.78, 5) is 15.8. The highest BCUT2D eigenvalue weighted by atomic mass is 32.2. The van der Waals surface area contributed by atoms with E-state index in [0.717, 1.165) is 22.4 Å². The number of carbonyl (C=O) groups excluding carboxylic acids is 1. The molecule has 2 aromatic heterocycles. The molecule has 0 unspecified atom stereocenters. The Morgan fingerprint density at radius 3 is 3.05 bits per heavy atom. The van der Waals surface area contributed by atoms with Crippen molar-refractivity contribution < 1.29 is 4.79 Å². The third-order valence-electron chi connectivity index (χ3n) is 3.02. The van der Waals surface area contributed by atoms with Crippen LogP contribution in [0.25, 0.3) is 0 Å². The molecule has 0 fully saturated rings. The standard InChI is InChI=1S/C15H19N5OS/c1-3-4-8-14(21)17-10-13-18-19-15(20(13)2)22-11-12-7-5-6-9-16-12/h3,5-7,9H,1,4,8,10-11H2,2H3,(H,17,21). The van der Waals surface area contributed by atoms with Crippen LogP contribution in [0, 0.1) is 0 Å². The normalized spacial score (nSPS) is 10.4. The van der Waals surface area contributed by atoms with E-state index in [1.165, 1.54) is 0 Å². The van der Waals surface area contributed by atoms with Crippen LogP contribution in [0.3, 0.4) is 0 Å². The first kappa shape index (κ1) is 16.2. The molecule has 0 aliphatic rings. The number of allylic oxidation sites excluding steroid dienone is 1. The molecule has 0 aromatic carbocycles. The number of rotatable bonds is 8. The molecule has 2 rings (SSSR count). The van der Waals surface area contributed by atoms with Gasteiger partial charge in [-0.3, -0.25) is 9.78 Å². The van der Waals surface area contributed by atoms with Crippen LogP contribution >= 0.6 is 11.8 Å². The fourth-order valence-electron chi connectivity index (χ4n) is 1.75. The Labute approximate surface area is 134 Å². The Morgan fingerprint density at radius 1 is 1.45 bits per heavy atom. The van der Waals surface area contributed by atoms with Gasteiger partial charge in [0, 0.05) is 25.4 Å². The Hall–Kier alpha value is -2.15. The molecule has 0 saturated heterocycles. The molecular weight excluding hydrogens is 298 g/mol. The third-order valence-corrected chi connectivity index (χ3v) is 4.07. The molecule has 1 N–H and O–H groups in total. The van der Waals surface area contributed by atoms with Crippen molar-refractivity contribution in [2.45, 2.75) is 30.3 Å². The van der Waals surface area contributed by atoms with Crippen LogP contribution in [0.2, 0.25) is 0 Å². The highest BCUT2D eigenvalue weighted by Gasteiger charge is 2.10. The molecule has 2 heterocycles. The van der Waals surface area contributed by atoms with Crippen LogP contribution in [0.15, 0.2) is 42.2 Å². The highest BCUT2D eigenvalue weighted by Crippen LogP contribution is 2.19. The average Bonchev–Trinajstić information content (AvgIpc) is 2.90. The second kappa shape index (κ2) is 8.33. The topological polar surface area (TPSA) is 72.7 Å². The lowest BCUT2D eigenvalue weighted by molar-refractivity contribution is -0.121. The summed E-state index contributed by atoms with van der Waals surface area (Å²) < 4.78 is 1.89. The summed E-state index contributed by atoms with van der Waals surface area (Å²) in [5, 5.41) is 11.9. The van der Waals surface area contributed by atoms with E-state index < -0.39 is 0 Å². The highest BCUT2D eigenvalue weighted by molar-refractivity contribution is 7.98. The van der Waals surface area contributed by atoms with Crippen molar-refractivity contribution in [2.24, 2.45) is 7.05 Å². The lowest BCUT2D eigenvalue weighted by atomic mass is 10.3. The molecule has 0 atom stereocenters. The predicted octanol–water partition coefficient (Wildman–Crippen LogP) is 2.08. The van der Waals surface area contributed by atoms with Crippen molar-refractivity contribution in [3.63, 3.8) is 0 Å². The van der Waals surface area contributed by atoms with Crippen molar-refractivity contribution in [1.82, 2.24) is 25.1 Å². The van der Waals surface area contributed by atoms with E-state index in [1.54, 1.807) is 24.0 Å². The van der Waals surface area contributed by atoms with E-state index in [9.17, 15) is 4.79 Å². The van der Waals surface area contributed by atoms with Crippen molar-refractivity contribution in [3.8, 4) is 0 Å². The number of carbonyl (C=O) groups is 1. The van der Waals surface area contributed by atoms with Gasteiger partial charge < -0.3 is 9.88 Å². The van der Waals surface area contributed by atoms with E-state index in [0.29, 0.717) is 19.4 Å². The van der Waals surface area contributed by atoms with Crippen LogP contribution in [0.5, 0.6) is 0 Å². The second-order valence-electron chi connectivity index (χ2n) is 4.67. The third kappa shape index (κ3) is 4.70. The van der Waals surface area contributed by atoms with Gasteiger partial charge in [-0.1, -0.05) is 23.9 Å². The van der Waals surface area contributed by atoms with Gasteiger partial charge in [0.2, 0.25) is 5.91 Å². The maximum absolute atomic E-state index is 11.6. The van der Waals surface area contributed by atoms with Gasteiger partial charge in [0.05, 0.1) is 12.2 Å². The minimum absolute atomic E-state index is 0.00871. The summed E-state index contributed by atoms with van der Waals surface area (Å²) in [6, 6.07) is 5.83. The van der Waals surface area contributed by atoms with Gasteiger partial charge in [-0.2, -0.15) is 0 Å². The van der Waals surface area contributed by atoms with E-state index in [1.807, 2.05) is 29.8 Å². The number of nitrogens with zero attached hydrogens (tertiary/aromatic N) is 4. The molecule has 116 valence electrons. The van der Waals surface area contributed by atoms with Crippen molar-refractivity contribution in [1.29, 1.82) is 0 Å². The zero-order chi connectivity index (χ0) is 15.8. The molecule has 7 heteroatoms. The summed E-state index contributed by atoms with van der Waals surface area (Å²) in [6.07, 6.45) is 4.63. The van der Waals surface area contributed by atoms with Crippen molar-refractivity contribution in [3.05, 3.63) is 48.6 Å². The van der Waals surface area contributed by atoms with Gasteiger partial charge in [0.25, 0.3) is 0 Å². The lowest BCUT2D eigenvalue weighted by Gasteiger charge is -2.05. The van der Waals surface area contributed by atoms with Gasteiger partial charge in [-0.25, -0.2) is 0 Å². The van der Waals surface area contributed by atoms with E-state index >= 15 is 0 Å². The number of aromatic nitrogens is 4. The van der Waals surface area contributed by atoms with Crippen LogP contribution in [-0.2, 0) is 24.1 Å². The van der Waals surface area contributed by atoms with Crippen LogP contribution in [-0.4, -0.2) is 25.7 Å². The summed E-state index contributed by atoms with van der Waals surface area (Å²) in [5.74, 6) is 1.46. The maximum atomic E-state index is 11.6. The summed E-state index contributed by atoms with van der Waals surface area (Å²) in [5.41, 5.74) is 0.995. The van der Waals surface area contributed by atoms with Gasteiger partial charge in [0.1, 0.15) is 0 Å². The molecule has 0 aliphatic carbocycles. The molecule has 0 spiro atoms. The molecule has 2 aromatic rings. The number of hydrogen-bond donors (Lipinski definition) is 1. The Morgan fingerprint density at radius 2 is 2.32 bits per heavy atom. The second-order valence-corrected chi connectivity index (χ2v) is 5.61. The predicted molar refractivity (Wildman–Crippen MR) is 86.1 cm³/mol. The first-order chi connectivity index (χ1) is 10.7. The van der Waals surface area contributed by atoms with Crippen LogP contribution in [0.1, 0.15) is 24.4 Å². The molecule has 22 heavy (non-hydrogen) atoms. The number of nitrogens with one attached hydrogen (secondary N) is 1. The van der Waals surface area contributed by atoms with E-state index in [-0.39, 0.29) is 5.91 Å². The minimum Gasteiger partial charge on any atom is -0.349 e. The van der Waals surface area contributed by atoms with E-state index in [2.05, 4.69) is 27.1 Å². The van der Waals surface area contributed by atoms with Gasteiger partial charge >= 0.3 is 0 Å². The zero-order valence-electron chi connectivity index (χ0n) is 12.5. The van der Waals surface area contributed by atoms with Gasteiger partial charge in [-0.15, -0.1) is 16.8 Å². The average molecular weight is 317 g/mol. The molecule has 0 radical (unpaired) electrons. The molecule has 1 amide bonds. The number of thioether (sulfide) groups is 1. The summed E-state index contributed by atoms with van der Waals surface area (Å²) in [7, 11) is 1.89. The Balaban J connectivity index is 1.86. The molecule has 0 bridgehead atoms. The monoisotopic (exact) mass is 317 g/mol. The summed E-state index contributed by atoms with van der Waals surface area (Å²) in [6.45, 7) is 3.98. The fraction of sp³-hybridized carbons (Fsp3) is 0.333. The SMILES string of the molecule is C=CCCC(=O)NCc1nnc(SCc2ccccn2)n1C. The molecule has 0 saturated carbocycles. The van der Waals surface area contributed by atoms with Crippen molar-refractivity contribution in [2.75, 3.05) is 0 Å². The molecule has 0 aliphatic heterocycles. The Bertz CT molecular complexity index is 626. The van der Waals surface area contributed by atoms with Crippen LogP contribution < -0.4 is 5.32 Å². The number of amides is 1. The van der Waals surface area contributed by atoms with E-state index in [4.69, 9.17) is 0 Å². The first-order valence-electron chi connectivity index (χ1n) is 6.99. The van der Waals surface area contributed by atoms with Gasteiger partial charge in [0.15, 0.2) is 11.0 Å². The Kier molecular flexibility index (Phi) is 6.14. The lowest BCUT2D eigenvalue weighted by Crippen LogP contribution is -2.23. The summed E-state index contributed by atoms with van der Waals surface area (Å²) >= 11 is 1.57. The largest absolute Gasteiger partial charge is 0.349 e. The minimum atomic E-state index is -0.00871. The smallest absolute Gasteiger partial charge is 0.220 e. The zero-order valence-corrected chi connectivity index (χ0v) is 13.3. The number of hydrogen-bond acceptors (Lipinski definition) is 5. The van der Waals surface area contributed by atoms with Gasteiger partial charge in [-0.05, 0) is 18.6 Å². The van der Waals surface area contributed by atoms with Crippen LogP contribution in [0.4, 0.5) is 0 Å². The van der Waals surface area contributed by atoms with Crippen molar-refractivity contribution >= 4 is 17.7 Å². The molecule has 6 nitrogen and oxygen atoms in total. The fourth-order valence-corrected chi connectivity index (χ4v) is 2.59. The quantitative estimate of drug-likeness (QED) is 0.596. The number of pyridine rings is 1. The molecular formula is C15H19N5OS.